The van der Waals surface area contributed by atoms with Crippen LogP contribution in [0.2, 0.25) is 0 Å². The van der Waals surface area contributed by atoms with Crippen LogP contribution in [0.4, 0.5) is 10.5 Å². The zero-order valence-corrected chi connectivity index (χ0v) is 16.2. The summed E-state index contributed by atoms with van der Waals surface area (Å²) in [4.78, 5) is 27.0. The number of ether oxygens (including phenoxy) is 1. The largest absolute Gasteiger partial charge is 0.445 e. The number of halogens is 1. The Kier molecular flexibility index (Phi) is 5.61. The highest BCUT2D eigenvalue weighted by molar-refractivity contribution is 9.10. The van der Waals surface area contributed by atoms with Gasteiger partial charge in [-0.25, -0.2) is 4.79 Å². The predicted molar refractivity (Wildman–Crippen MR) is 104 cm³/mol. The van der Waals surface area contributed by atoms with E-state index in [9.17, 15) is 9.59 Å². The molecule has 1 fully saturated rings. The van der Waals surface area contributed by atoms with Crippen LogP contribution >= 0.6 is 15.9 Å². The normalized spacial score (nSPS) is 19.2. The first kappa shape index (κ1) is 18.5. The first-order chi connectivity index (χ1) is 12.5. The van der Waals surface area contributed by atoms with Crippen LogP contribution in [0.25, 0.3) is 0 Å². The molecule has 0 saturated carbocycles. The van der Waals surface area contributed by atoms with Crippen molar-refractivity contribution in [1.29, 1.82) is 0 Å². The second-order valence-electron chi connectivity index (χ2n) is 6.50. The molecule has 6 heteroatoms. The Morgan fingerprint density at radius 3 is 2.58 bits per heavy atom. The van der Waals surface area contributed by atoms with E-state index in [0.29, 0.717) is 18.7 Å². The van der Waals surface area contributed by atoms with Gasteiger partial charge < -0.3 is 10.1 Å². The average Bonchev–Trinajstić information content (AvgIpc) is 3.05. The zero-order valence-electron chi connectivity index (χ0n) is 14.6. The van der Waals surface area contributed by atoms with Crippen LogP contribution < -0.4 is 5.32 Å². The third kappa shape index (κ3) is 3.90. The highest BCUT2D eigenvalue weighted by Crippen LogP contribution is 2.32. The van der Waals surface area contributed by atoms with Gasteiger partial charge in [-0.2, -0.15) is 0 Å². The SMILES string of the molecule is C[C@@]1(C(=O)Nc2ccccc2Br)CCCN1C(=O)OCc1ccccc1. The summed E-state index contributed by atoms with van der Waals surface area (Å²) in [6.07, 6.45) is 0.903. The molecule has 2 aromatic carbocycles. The molecule has 1 heterocycles. The molecule has 0 aromatic heterocycles. The van der Waals surface area contributed by atoms with Crippen molar-refractivity contribution < 1.29 is 14.3 Å². The van der Waals surface area contributed by atoms with Crippen molar-refractivity contribution in [2.45, 2.75) is 31.9 Å². The van der Waals surface area contributed by atoms with E-state index in [1.54, 1.807) is 6.92 Å². The summed E-state index contributed by atoms with van der Waals surface area (Å²) < 4.78 is 6.23. The lowest BCUT2D eigenvalue weighted by Crippen LogP contribution is -2.53. The number of para-hydroxylation sites is 1. The van der Waals surface area contributed by atoms with Crippen molar-refractivity contribution in [3.05, 3.63) is 64.6 Å². The summed E-state index contributed by atoms with van der Waals surface area (Å²) in [5, 5.41) is 2.92. The average molecular weight is 417 g/mol. The summed E-state index contributed by atoms with van der Waals surface area (Å²) in [7, 11) is 0. The first-order valence-corrected chi connectivity index (χ1v) is 9.34. The van der Waals surface area contributed by atoms with Crippen LogP contribution in [0.15, 0.2) is 59.1 Å². The minimum Gasteiger partial charge on any atom is -0.445 e. The van der Waals surface area contributed by atoms with E-state index in [1.165, 1.54) is 4.90 Å². The van der Waals surface area contributed by atoms with Gasteiger partial charge in [0.05, 0.1) is 5.69 Å². The molecule has 26 heavy (non-hydrogen) atoms. The minimum atomic E-state index is -0.928. The van der Waals surface area contributed by atoms with Gasteiger partial charge in [0.2, 0.25) is 5.91 Å². The monoisotopic (exact) mass is 416 g/mol. The van der Waals surface area contributed by atoms with Crippen LogP contribution in [0.5, 0.6) is 0 Å². The molecular weight excluding hydrogens is 396 g/mol. The summed E-state index contributed by atoms with van der Waals surface area (Å²) >= 11 is 3.43. The van der Waals surface area contributed by atoms with E-state index in [2.05, 4.69) is 21.2 Å². The third-order valence-corrected chi connectivity index (χ3v) is 5.37. The topological polar surface area (TPSA) is 58.6 Å². The summed E-state index contributed by atoms with van der Waals surface area (Å²) in [5.74, 6) is -0.210. The Hall–Kier alpha value is -2.34. The van der Waals surface area contributed by atoms with Gasteiger partial charge in [0, 0.05) is 11.0 Å². The van der Waals surface area contributed by atoms with Crippen molar-refractivity contribution in [1.82, 2.24) is 4.90 Å². The molecule has 2 aromatic rings. The van der Waals surface area contributed by atoms with Crippen LogP contribution in [0, 0.1) is 0 Å². The first-order valence-electron chi connectivity index (χ1n) is 8.55. The van der Waals surface area contributed by atoms with E-state index in [4.69, 9.17) is 4.74 Å². The lowest BCUT2D eigenvalue weighted by molar-refractivity contribution is -0.125. The highest BCUT2D eigenvalue weighted by Gasteiger charge is 2.46. The molecule has 3 rings (SSSR count). The number of rotatable bonds is 4. The number of likely N-dealkylation sites (tertiary alicyclic amines) is 1. The smallest absolute Gasteiger partial charge is 0.410 e. The Labute approximate surface area is 161 Å². The standard InChI is InChI=1S/C20H21BrN2O3/c1-20(18(24)22-17-11-6-5-10-16(17)21)12-7-13-23(20)19(25)26-14-15-8-3-2-4-9-15/h2-6,8-11H,7,12-14H2,1H3,(H,22,24)/t20-/m0/s1. The van der Waals surface area contributed by atoms with Crippen LogP contribution in [0.3, 0.4) is 0 Å². The van der Waals surface area contributed by atoms with Gasteiger partial charge in [-0.1, -0.05) is 42.5 Å². The fourth-order valence-electron chi connectivity index (χ4n) is 3.11. The van der Waals surface area contributed by atoms with Gasteiger partial charge >= 0.3 is 6.09 Å². The second-order valence-corrected chi connectivity index (χ2v) is 7.36. The Morgan fingerprint density at radius 1 is 1.15 bits per heavy atom. The van der Waals surface area contributed by atoms with Gasteiger partial charge in [-0.15, -0.1) is 0 Å². The fraction of sp³-hybridized carbons (Fsp3) is 0.300. The molecule has 1 N–H and O–H groups in total. The fourth-order valence-corrected chi connectivity index (χ4v) is 3.49. The van der Waals surface area contributed by atoms with Crippen molar-refractivity contribution in [3.8, 4) is 0 Å². The van der Waals surface area contributed by atoms with Crippen molar-refractivity contribution in [2.75, 3.05) is 11.9 Å². The summed E-state index contributed by atoms with van der Waals surface area (Å²) in [6.45, 7) is 2.49. The Balaban J connectivity index is 1.68. The molecule has 5 nitrogen and oxygen atoms in total. The van der Waals surface area contributed by atoms with E-state index < -0.39 is 11.6 Å². The lowest BCUT2D eigenvalue weighted by atomic mass is 9.98. The van der Waals surface area contributed by atoms with Crippen molar-refractivity contribution >= 4 is 33.6 Å². The van der Waals surface area contributed by atoms with Gasteiger partial charge in [0.1, 0.15) is 12.1 Å². The van der Waals surface area contributed by atoms with E-state index in [0.717, 1.165) is 16.5 Å². The number of nitrogens with zero attached hydrogens (tertiary/aromatic N) is 1. The number of hydrogen-bond acceptors (Lipinski definition) is 3. The lowest BCUT2D eigenvalue weighted by Gasteiger charge is -2.33. The maximum atomic E-state index is 12.9. The molecule has 0 aliphatic carbocycles. The van der Waals surface area contributed by atoms with E-state index >= 15 is 0 Å². The molecule has 0 spiro atoms. The highest BCUT2D eigenvalue weighted by atomic mass is 79.9. The quantitative estimate of drug-likeness (QED) is 0.793. The van der Waals surface area contributed by atoms with Gasteiger partial charge in [0.25, 0.3) is 0 Å². The molecular formula is C20H21BrN2O3. The van der Waals surface area contributed by atoms with Crippen molar-refractivity contribution in [3.63, 3.8) is 0 Å². The maximum Gasteiger partial charge on any atom is 0.410 e. The number of hydrogen-bond donors (Lipinski definition) is 1. The number of carbonyl (C=O) groups is 2. The summed E-state index contributed by atoms with van der Waals surface area (Å²) in [5.41, 5.74) is 0.672. The Bertz CT molecular complexity index is 797. The molecule has 2 amide bonds. The predicted octanol–water partition coefficient (Wildman–Crippen LogP) is 4.58. The maximum absolute atomic E-state index is 12.9. The molecule has 1 atom stereocenters. The van der Waals surface area contributed by atoms with Gasteiger partial charge in [0.15, 0.2) is 0 Å². The van der Waals surface area contributed by atoms with Gasteiger partial charge in [-0.3, -0.25) is 9.69 Å². The molecule has 0 radical (unpaired) electrons. The molecule has 136 valence electrons. The Morgan fingerprint density at radius 2 is 1.85 bits per heavy atom. The molecule has 0 unspecified atom stereocenters. The number of benzene rings is 2. The number of amides is 2. The van der Waals surface area contributed by atoms with Crippen LogP contribution in [-0.4, -0.2) is 29.0 Å². The van der Waals surface area contributed by atoms with Crippen LogP contribution in [0.1, 0.15) is 25.3 Å². The molecule has 0 bridgehead atoms. The minimum absolute atomic E-state index is 0.193. The molecule has 1 aliphatic rings. The number of nitrogens with one attached hydrogen (secondary N) is 1. The van der Waals surface area contributed by atoms with E-state index in [1.807, 2.05) is 54.6 Å². The number of anilines is 1. The van der Waals surface area contributed by atoms with E-state index in [-0.39, 0.29) is 12.5 Å². The van der Waals surface area contributed by atoms with Crippen molar-refractivity contribution in [2.24, 2.45) is 0 Å². The zero-order chi connectivity index (χ0) is 18.6. The summed E-state index contributed by atoms with van der Waals surface area (Å²) in [6, 6.07) is 16.9. The van der Waals surface area contributed by atoms with Crippen LogP contribution in [-0.2, 0) is 16.1 Å². The number of carbonyl (C=O) groups excluding carboxylic acids is 2. The molecule has 1 aliphatic heterocycles. The van der Waals surface area contributed by atoms with Gasteiger partial charge in [-0.05, 0) is 53.4 Å². The second kappa shape index (κ2) is 7.91. The third-order valence-electron chi connectivity index (χ3n) is 4.68. The molecule has 1 saturated heterocycles.